The van der Waals surface area contributed by atoms with Crippen LogP contribution in [0.15, 0.2) is 0 Å². The molecular weight excluding hydrogens is 258 g/mol. The van der Waals surface area contributed by atoms with Crippen LogP contribution in [0.2, 0.25) is 0 Å². The van der Waals surface area contributed by atoms with E-state index in [0.717, 1.165) is 12.8 Å². The Bertz CT molecular complexity index is 354. The molecule has 1 heterocycles. The first-order valence-electron chi connectivity index (χ1n) is 7.54. The third-order valence-corrected chi connectivity index (χ3v) is 4.28. The zero-order valence-corrected chi connectivity index (χ0v) is 12.2. The molecule has 0 bridgehead atoms. The van der Waals surface area contributed by atoms with Gasteiger partial charge in [0.25, 0.3) is 0 Å². The lowest BCUT2D eigenvalue weighted by atomic mass is 9.87. The number of carbonyl (C=O) groups is 2. The minimum atomic E-state index is -0.806. The van der Waals surface area contributed by atoms with Crippen molar-refractivity contribution in [2.75, 3.05) is 32.7 Å². The summed E-state index contributed by atoms with van der Waals surface area (Å²) in [5, 5.41) is 11.9. The number of carboxylic acids is 1. The van der Waals surface area contributed by atoms with Crippen LogP contribution in [0.25, 0.3) is 0 Å². The summed E-state index contributed by atoms with van der Waals surface area (Å²) in [5.74, 6) is -0.111. The van der Waals surface area contributed by atoms with Crippen molar-refractivity contribution in [2.45, 2.75) is 38.6 Å². The lowest BCUT2D eigenvalue weighted by Gasteiger charge is -2.35. The summed E-state index contributed by atoms with van der Waals surface area (Å²) in [5.41, 5.74) is 0. The van der Waals surface area contributed by atoms with Crippen molar-refractivity contribution in [1.29, 1.82) is 0 Å². The van der Waals surface area contributed by atoms with E-state index >= 15 is 0 Å². The Morgan fingerprint density at radius 3 is 2.50 bits per heavy atom. The standard InChI is InChI=1S/C14H25N3O3/c1-11-3-2-4-12(9-11)15-14(20)17-7-5-16(6-8-17)10-13(18)19/h11-12H,2-10H2,1H3,(H,15,20)(H,18,19). The van der Waals surface area contributed by atoms with Crippen LogP contribution in [0.1, 0.15) is 32.6 Å². The molecule has 0 aromatic heterocycles. The number of hydrogen-bond donors (Lipinski definition) is 2. The molecule has 6 heteroatoms. The number of nitrogens with one attached hydrogen (secondary N) is 1. The molecule has 0 aromatic rings. The quantitative estimate of drug-likeness (QED) is 0.810. The first kappa shape index (κ1) is 15.1. The predicted molar refractivity (Wildman–Crippen MR) is 75.6 cm³/mol. The first-order valence-corrected chi connectivity index (χ1v) is 7.54. The Kier molecular flexibility index (Phi) is 5.23. The lowest BCUT2D eigenvalue weighted by Crippen LogP contribution is -2.54. The Hall–Kier alpha value is -1.30. The van der Waals surface area contributed by atoms with Crippen molar-refractivity contribution >= 4 is 12.0 Å². The zero-order chi connectivity index (χ0) is 14.5. The molecule has 0 aromatic carbocycles. The highest BCUT2D eigenvalue weighted by molar-refractivity contribution is 5.74. The summed E-state index contributed by atoms with van der Waals surface area (Å²) >= 11 is 0. The van der Waals surface area contributed by atoms with Crippen molar-refractivity contribution in [1.82, 2.24) is 15.1 Å². The van der Waals surface area contributed by atoms with E-state index in [1.54, 1.807) is 4.90 Å². The highest BCUT2D eigenvalue weighted by Crippen LogP contribution is 2.23. The minimum Gasteiger partial charge on any atom is -0.480 e. The van der Waals surface area contributed by atoms with Gasteiger partial charge in [0.1, 0.15) is 0 Å². The van der Waals surface area contributed by atoms with Crippen LogP contribution in [-0.4, -0.2) is 65.7 Å². The molecule has 114 valence electrons. The molecule has 0 spiro atoms. The summed E-state index contributed by atoms with van der Waals surface area (Å²) in [6, 6.07) is 0.322. The summed E-state index contributed by atoms with van der Waals surface area (Å²) in [6.45, 7) is 4.81. The average Bonchev–Trinajstić information content (AvgIpc) is 2.38. The molecule has 1 aliphatic heterocycles. The van der Waals surface area contributed by atoms with E-state index in [9.17, 15) is 9.59 Å². The predicted octanol–water partition coefficient (Wildman–Crippen LogP) is 0.977. The number of nitrogens with zero attached hydrogens (tertiary/aromatic N) is 2. The van der Waals surface area contributed by atoms with Gasteiger partial charge in [0.15, 0.2) is 0 Å². The van der Waals surface area contributed by atoms with Crippen molar-refractivity contribution in [3.05, 3.63) is 0 Å². The molecule has 6 nitrogen and oxygen atoms in total. The van der Waals surface area contributed by atoms with Gasteiger partial charge in [0.05, 0.1) is 6.54 Å². The Balaban J connectivity index is 1.73. The van der Waals surface area contributed by atoms with Crippen LogP contribution in [0.3, 0.4) is 0 Å². The number of aliphatic carboxylic acids is 1. The van der Waals surface area contributed by atoms with Gasteiger partial charge in [-0.05, 0) is 18.8 Å². The van der Waals surface area contributed by atoms with Crippen molar-refractivity contribution in [3.63, 3.8) is 0 Å². The molecule has 2 atom stereocenters. The maximum Gasteiger partial charge on any atom is 0.317 e. The fourth-order valence-electron chi connectivity index (χ4n) is 3.13. The summed E-state index contributed by atoms with van der Waals surface area (Å²) in [6.07, 6.45) is 4.61. The number of carboxylic acid groups (broad SMARTS) is 1. The Morgan fingerprint density at radius 2 is 1.90 bits per heavy atom. The molecule has 2 N–H and O–H groups in total. The lowest BCUT2D eigenvalue weighted by molar-refractivity contribution is -0.138. The summed E-state index contributed by atoms with van der Waals surface area (Å²) in [4.78, 5) is 26.5. The molecule has 2 rings (SSSR count). The van der Waals surface area contributed by atoms with E-state index in [2.05, 4.69) is 12.2 Å². The largest absolute Gasteiger partial charge is 0.480 e. The van der Waals surface area contributed by atoms with Crippen LogP contribution in [0.5, 0.6) is 0 Å². The maximum atomic E-state index is 12.2. The normalized spacial score (nSPS) is 28.1. The van der Waals surface area contributed by atoms with E-state index < -0.39 is 5.97 Å². The van der Waals surface area contributed by atoms with Gasteiger partial charge >= 0.3 is 12.0 Å². The first-order chi connectivity index (χ1) is 9.54. The topological polar surface area (TPSA) is 72.9 Å². The molecule has 2 unspecified atom stereocenters. The fraction of sp³-hybridized carbons (Fsp3) is 0.857. The summed E-state index contributed by atoms with van der Waals surface area (Å²) in [7, 11) is 0. The van der Waals surface area contributed by atoms with Gasteiger partial charge in [0.2, 0.25) is 0 Å². The van der Waals surface area contributed by atoms with E-state index in [4.69, 9.17) is 5.11 Å². The molecular formula is C14H25N3O3. The highest BCUT2D eigenvalue weighted by Gasteiger charge is 2.25. The molecule has 2 aliphatic rings. The molecule has 0 radical (unpaired) electrons. The van der Waals surface area contributed by atoms with Gasteiger partial charge in [-0.15, -0.1) is 0 Å². The number of hydrogen-bond acceptors (Lipinski definition) is 3. The van der Waals surface area contributed by atoms with Gasteiger partial charge in [-0.3, -0.25) is 9.69 Å². The van der Waals surface area contributed by atoms with Crippen LogP contribution < -0.4 is 5.32 Å². The van der Waals surface area contributed by atoms with Crippen molar-refractivity contribution in [3.8, 4) is 0 Å². The van der Waals surface area contributed by atoms with Crippen molar-refractivity contribution < 1.29 is 14.7 Å². The van der Waals surface area contributed by atoms with Gasteiger partial charge in [-0.2, -0.15) is 0 Å². The maximum absolute atomic E-state index is 12.2. The molecule has 20 heavy (non-hydrogen) atoms. The Labute approximate surface area is 120 Å². The van der Waals surface area contributed by atoms with Gasteiger partial charge < -0.3 is 15.3 Å². The second kappa shape index (κ2) is 6.92. The van der Waals surface area contributed by atoms with E-state index in [1.807, 2.05) is 4.90 Å². The van der Waals surface area contributed by atoms with Gasteiger partial charge in [-0.25, -0.2) is 4.79 Å². The van der Waals surface area contributed by atoms with Crippen LogP contribution >= 0.6 is 0 Å². The molecule has 2 fully saturated rings. The number of carbonyl (C=O) groups excluding carboxylic acids is 1. The number of piperazine rings is 1. The monoisotopic (exact) mass is 283 g/mol. The summed E-state index contributed by atoms with van der Waals surface area (Å²) < 4.78 is 0. The molecule has 1 saturated heterocycles. The van der Waals surface area contributed by atoms with E-state index in [-0.39, 0.29) is 12.6 Å². The number of rotatable bonds is 3. The van der Waals surface area contributed by atoms with E-state index in [0.29, 0.717) is 38.1 Å². The fourth-order valence-corrected chi connectivity index (χ4v) is 3.13. The SMILES string of the molecule is CC1CCCC(NC(=O)N2CCN(CC(=O)O)CC2)C1. The second-order valence-electron chi connectivity index (χ2n) is 6.08. The van der Waals surface area contributed by atoms with E-state index in [1.165, 1.54) is 12.8 Å². The van der Waals surface area contributed by atoms with Crippen LogP contribution in [-0.2, 0) is 4.79 Å². The zero-order valence-electron chi connectivity index (χ0n) is 12.2. The van der Waals surface area contributed by atoms with Gasteiger partial charge in [-0.1, -0.05) is 19.8 Å². The average molecular weight is 283 g/mol. The molecule has 1 aliphatic carbocycles. The molecule has 2 amide bonds. The highest BCUT2D eigenvalue weighted by atomic mass is 16.4. The van der Waals surface area contributed by atoms with Gasteiger partial charge in [0, 0.05) is 32.2 Å². The third-order valence-electron chi connectivity index (χ3n) is 4.28. The second-order valence-corrected chi connectivity index (χ2v) is 6.08. The van der Waals surface area contributed by atoms with Crippen LogP contribution in [0.4, 0.5) is 4.79 Å². The molecule has 1 saturated carbocycles. The van der Waals surface area contributed by atoms with Crippen molar-refractivity contribution in [2.24, 2.45) is 5.92 Å². The Morgan fingerprint density at radius 1 is 1.20 bits per heavy atom. The number of amides is 2. The minimum absolute atomic E-state index is 0.0130. The van der Waals surface area contributed by atoms with Crippen LogP contribution in [0, 0.1) is 5.92 Å². The number of urea groups is 1. The third kappa shape index (κ3) is 4.37. The smallest absolute Gasteiger partial charge is 0.317 e.